The fourth-order valence-corrected chi connectivity index (χ4v) is 11.1. The molecule has 0 aromatic heterocycles. The van der Waals surface area contributed by atoms with E-state index in [0.717, 1.165) is 51.4 Å². The fourth-order valence-electron chi connectivity index (χ4n) is 11.1. The molecule has 4 aliphatic rings. The standard InChI is InChI=1S/C40H70O5/c1-8-9-10-11-12-13-14-15-16-17-36(42)45-29-20-22-40(7)33-21-23-39(6)31(28(5)38(44)37(43)27(4)26(2)3)18-19-32(39)30(33)25-35(41)34(40)24-29/h26-34,37-38,43-44H,8-25H2,1-7H3/t27-,28-,29-,30-,31+,32-,33-,34+,37+,38+,39-,40+/m0/s1. The highest BCUT2D eigenvalue weighted by Gasteiger charge is 2.63. The molecule has 0 aliphatic heterocycles. The largest absolute Gasteiger partial charge is 0.462 e. The second-order valence-electron chi connectivity index (χ2n) is 17.2. The van der Waals surface area contributed by atoms with Crippen LogP contribution in [0.4, 0.5) is 0 Å². The number of hydrogen-bond acceptors (Lipinski definition) is 5. The zero-order chi connectivity index (χ0) is 32.9. The van der Waals surface area contributed by atoms with E-state index >= 15 is 0 Å². The smallest absolute Gasteiger partial charge is 0.306 e. The van der Waals surface area contributed by atoms with Crippen molar-refractivity contribution in [3.63, 3.8) is 0 Å². The van der Waals surface area contributed by atoms with E-state index in [0.29, 0.717) is 54.6 Å². The molecule has 0 aromatic rings. The first-order valence-electron chi connectivity index (χ1n) is 19.4. The molecule has 12 atom stereocenters. The number of aliphatic hydroxyl groups excluding tert-OH is 2. The highest BCUT2D eigenvalue weighted by molar-refractivity contribution is 5.83. The maximum Gasteiger partial charge on any atom is 0.306 e. The molecule has 2 N–H and O–H groups in total. The minimum atomic E-state index is -0.714. The van der Waals surface area contributed by atoms with Crippen LogP contribution in [0.25, 0.3) is 0 Å². The summed E-state index contributed by atoms with van der Waals surface area (Å²) in [5.41, 5.74) is 0.0983. The summed E-state index contributed by atoms with van der Waals surface area (Å²) in [6.45, 7) is 15.5. The third-order valence-electron chi connectivity index (χ3n) is 14.4. The summed E-state index contributed by atoms with van der Waals surface area (Å²) in [6, 6.07) is 0. The molecule has 45 heavy (non-hydrogen) atoms. The number of hydrogen-bond donors (Lipinski definition) is 2. The van der Waals surface area contributed by atoms with Gasteiger partial charge in [0.1, 0.15) is 11.9 Å². The van der Waals surface area contributed by atoms with Gasteiger partial charge in [0.25, 0.3) is 0 Å². The summed E-state index contributed by atoms with van der Waals surface area (Å²) < 4.78 is 6.01. The molecular formula is C40H70O5. The first-order valence-corrected chi connectivity index (χ1v) is 19.4. The maximum absolute atomic E-state index is 13.9. The van der Waals surface area contributed by atoms with Crippen LogP contribution in [0.15, 0.2) is 0 Å². The van der Waals surface area contributed by atoms with Gasteiger partial charge in [-0.3, -0.25) is 9.59 Å². The lowest BCUT2D eigenvalue weighted by Gasteiger charge is -2.60. The third kappa shape index (κ3) is 8.03. The summed E-state index contributed by atoms with van der Waals surface area (Å²) in [7, 11) is 0. The predicted octanol–water partition coefficient (Wildman–Crippen LogP) is 9.31. The summed E-state index contributed by atoms with van der Waals surface area (Å²) in [4.78, 5) is 26.6. The van der Waals surface area contributed by atoms with E-state index in [-0.39, 0.29) is 40.7 Å². The normalized spacial score (nSPS) is 37.3. The quantitative estimate of drug-likeness (QED) is 0.131. The molecule has 260 valence electrons. The molecule has 0 spiro atoms. The highest BCUT2D eigenvalue weighted by Crippen LogP contribution is 2.68. The van der Waals surface area contributed by atoms with E-state index in [4.69, 9.17) is 4.74 Å². The van der Waals surface area contributed by atoms with E-state index in [1.165, 1.54) is 44.9 Å². The number of esters is 1. The van der Waals surface area contributed by atoms with Crippen molar-refractivity contribution in [2.75, 3.05) is 0 Å². The number of aliphatic hydroxyl groups is 2. The Labute approximate surface area is 276 Å². The molecule has 0 unspecified atom stereocenters. The lowest BCUT2D eigenvalue weighted by atomic mass is 9.44. The van der Waals surface area contributed by atoms with E-state index in [9.17, 15) is 19.8 Å². The summed E-state index contributed by atoms with van der Waals surface area (Å²) in [6.07, 6.45) is 17.8. The molecule has 0 heterocycles. The average molecular weight is 631 g/mol. The molecule has 5 heteroatoms. The monoisotopic (exact) mass is 631 g/mol. The minimum Gasteiger partial charge on any atom is -0.462 e. The van der Waals surface area contributed by atoms with Crippen molar-refractivity contribution in [3.05, 3.63) is 0 Å². The van der Waals surface area contributed by atoms with Crippen LogP contribution in [0.5, 0.6) is 0 Å². The summed E-state index contributed by atoms with van der Waals surface area (Å²) >= 11 is 0. The number of carbonyl (C=O) groups excluding carboxylic acids is 2. The molecule has 5 nitrogen and oxygen atoms in total. The lowest BCUT2D eigenvalue weighted by Crippen LogP contribution is -2.57. The molecule has 0 radical (unpaired) electrons. The van der Waals surface area contributed by atoms with Gasteiger partial charge in [-0.15, -0.1) is 0 Å². The van der Waals surface area contributed by atoms with E-state index in [1.54, 1.807) is 0 Å². The first-order chi connectivity index (χ1) is 21.3. The van der Waals surface area contributed by atoms with Gasteiger partial charge in [0.05, 0.1) is 12.2 Å². The van der Waals surface area contributed by atoms with E-state index in [2.05, 4.69) is 41.5 Å². The molecule has 4 fully saturated rings. The van der Waals surface area contributed by atoms with Crippen molar-refractivity contribution in [1.29, 1.82) is 0 Å². The van der Waals surface area contributed by atoms with Gasteiger partial charge in [-0.2, -0.15) is 0 Å². The van der Waals surface area contributed by atoms with Crippen LogP contribution >= 0.6 is 0 Å². The van der Waals surface area contributed by atoms with Crippen molar-refractivity contribution in [3.8, 4) is 0 Å². The SMILES string of the molecule is CCCCCCCCCCCC(=O)O[C@H]1CC[C@@]2(C)[C@H](C1)C(=O)C[C@@H]1[C@@H]2CC[C@@]2(C)[C@@H]([C@H](C)[C@@H](O)[C@H](O)[C@@H](C)C(C)C)CC[C@@H]12. The van der Waals surface area contributed by atoms with Gasteiger partial charge in [0, 0.05) is 18.8 Å². The molecular weight excluding hydrogens is 560 g/mol. The number of rotatable bonds is 16. The van der Waals surface area contributed by atoms with Gasteiger partial charge in [-0.05, 0) is 104 Å². The third-order valence-corrected chi connectivity index (χ3v) is 14.4. The van der Waals surface area contributed by atoms with Gasteiger partial charge in [-0.1, -0.05) is 99.8 Å². The lowest BCUT2D eigenvalue weighted by molar-refractivity contribution is -0.171. The number of fused-ring (bicyclic) bond motifs is 5. The van der Waals surface area contributed by atoms with Gasteiger partial charge in [0.2, 0.25) is 0 Å². The Balaban J connectivity index is 1.29. The molecule has 0 aromatic carbocycles. The minimum absolute atomic E-state index is 0.00647. The van der Waals surface area contributed by atoms with Gasteiger partial charge in [-0.25, -0.2) is 0 Å². The fraction of sp³-hybridized carbons (Fsp3) is 0.950. The van der Waals surface area contributed by atoms with Crippen LogP contribution in [0.1, 0.15) is 164 Å². The van der Waals surface area contributed by atoms with E-state index < -0.39 is 12.2 Å². The van der Waals surface area contributed by atoms with E-state index in [1.807, 2.05) is 6.92 Å². The Kier molecular flexibility index (Phi) is 13.1. The number of Topliss-reactive ketones (excluding diaryl/α,β-unsaturated/α-hetero) is 1. The zero-order valence-corrected chi connectivity index (χ0v) is 30.2. The highest BCUT2D eigenvalue weighted by atomic mass is 16.5. The summed E-state index contributed by atoms with van der Waals surface area (Å²) in [5.74, 6) is 2.59. The van der Waals surface area contributed by atoms with Crippen LogP contribution in [0, 0.1) is 58.2 Å². The van der Waals surface area contributed by atoms with Gasteiger partial charge < -0.3 is 14.9 Å². The number of unbranched alkanes of at least 4 members (excludes halogenated alkanes) is 8. The second kappa shape index (κ2) is 16.0. The van der Waals surface area contributed by atoms with Crippen LogP contribution in [-0.2, 0) is 14.3 Å². The maximum atomic E-state index is 13.9. The molecule has 4 rings (SSSR count). The van der Waals surface area contributed by atoms with Crippen molar-refractivity contribution in [2.45, 2.75) is 182 Å². The van der Waals surface area contributed by atoms with Crippen LogP contribution < -0.4 is 0 Å². The molecule has 0 saturated heterocycles. The van der Waals surface area contributed by atoms with Gasteiger partial charge in [0.15, 0.2) is 0 Å². The molecule has 4 aliphatic carbocycles. The van der Waals surface area contributed by atoms with Crippen LogP contribution in [0.3, 0.4) is 0 Å². The Bertz CT molecular complexity index is 962. The number of carbonyl (C=O) groups is 2. The Morgan fingerprint density at radius 1 is 0.822 bits per heavy atom. The Morgan fingerprint density at radius 2 is 1.42 bits per heavy atom. The molecule has 0 bridgehead atoms. The van der Waals surface area contributed by atoms with Crippen molar-refractivity contribution >= 4 is 11.8 Å². The van der Waals surface area contributed by atoms with Crippen LogP contribution in [0.2, 0.25) is 0 Å². The predicted molar refractivity (Wildman–Crippen MR) is 183 cm³/mol. The Morgan fingerprint density at radius 3 is 2.07 bits per heavy atom. The van der Waals surface area contributed by atoms with Crippen molar-refractivity contribution in [1.82, 2.24) is 0 Å². The number of ether oxygens (including phenoxy) is 1. The van der Waals surface area contributed by atoms with Crippen molar-refractivity contribution in [2.24, 2.45) is 58.2 Å². The van der Waals surface area contributed by atoms with Crippen molar-refractivity contribution < 1.29 is 24.5 Å². The zero-order valence-electron chi connectivity index (χ0n) is 30.2. The molecule has 4 saturated carbocycles. The first kappa shape index (κ1) is 36.9. The topological polar surface area (TPSA) is 83.8 Å². The average Bonchev–Trinajstić information content (AvgIpc) is 3.36. The van der Waals surface area contributed by atoms with Crippen LogP contribution in [-0.4, -0.2) is 40.3 Å². The molecule has 0 amide bonds. The summed E-state index contributed by atoms with van der Waals surface area (Å²) in [5, 5.41) is 22.3. The van der Waals surface area contributed by atoms with Gasteiger partial charge >= 0.3 is 5.97 Å². The Hall–Kier alpha value is -0.940. The number of ketones is 1. The second-order valence-corrected chi connectivity index (χ2v) is 17.2.